The number of hydrogen-bond acceptors (Lipinski definition) is 1. The zero-order chi connectivity index (χ0) is 5.58. The Morgan fingerprint density at radius 3 is 1.67 bits per heavy atom. The lowest BCUT2D eigenvalue weighted by Crippen LogP contribution is -1.62. The van der Waals surface area contributed by atoms with Crippen LogP contribution in [0.3, 0.4) is 0 Å². The Morgan fingerprint density at radius 1 is 1.67 bits per heavy atom. The summed E-state index contributed by atoms with van der Waals surface area (Å²) in [5.41, 5.74) is 0. The molecule has 6 heavy (non-hydrogen) atoms. The average molecular weight is 330 g/mol. The molecule has 0 aromatic rings. The molecule has 0 radical (unpaired) electrons. The van der Waals surface area contributed by atoms with Crippen LogP contribution in [-0.4, -0.2) is 5.12 Å². The molecule has 0 spiro atoms. The lowest BCUT2D eigenvalue weighted by molar-refractivity contribution is -0.108. The molecule has 0 aromatic heterocycles. The SMILES string of the molecule is CC(=O)S.II. The molecule has 0 N–H and O–H groups in total. The maximum Gasteiger partial charge on any atom is 0.182 e. The van der Waals surface area contributed by atoms with E-state index < -0.39 is 0 Å². The smallest absolute Gasteiger partial charge is 0.182 e. The average Bonchev–Trinajstić information content (AvgIpc) is 1.41. The third kappa shape index (κ3) is 50.2. The molecular weight excluding hydrogens is 326 g/mol. The Balaban J connectivity index is 0. The third-order valence-corrected chi connectivity index (χ3v) is 0. The van der Waals surface area contributed by atoms with E-state index >= 15 is 0 Å². The predicted molar refractivity (Wildman–Crippen MR) is 47.7 cm³/mol. The highest BCUT2D eigenvalue weighted by atomic mass is 128. The Hall–Kier alpha value is 1.48. The van der Waals surface area contributed by atoms with Crippen LogP contribution in [0.1, 0.15) is 6.92 Å². The normalized spacial score (nSPS) is 5.33. The molecule has 0 amide bonds. The number of rotatable bonds is 0. The Kier molecular flexibility index (Phi) is 16.9. The summed E-state index contributed by atoms with van der Waals surface area (Å²) in [6.45, 7) is 1.39. The maximum atomic E-state index is 9.31. The summed E-state index contributed by atoms with van der Waals surface area (Å²) in [6.07, 6.45) is 0. The zero-order valence-corrected chi connectivity index (χ0v) is 8.32. The molecule has 0 heterocycles. The van der Waals surface area contributed by atoms with E-state index in [1.807, 2.05) is 0 Å². The van der Waals surface area contributed by atoms with Crippen molar-refractivity contribution in [3.63, 3.8) is 0 Å². The minimum atomic E-state index is -0.139. The second-order valence-corrected chi connectivity index (χ2v) is 1.15. The molecule has 0 aliphatic heterocycles. The molecule has 0 saturated carbocycles. The molecule has 0 bridgehead atoms. The van der Waals surface area contributed by atoms with Crippen LogP contribution in [-0.2, 0) is 4.79 Å². The van der Waals surface area contributed by atoms with Gasteiger partial charge in [-0.3, -0.25) is 4.79 Å². The fourth-order valence-electron chi connectivity index (χ4n) is 0. The summed E-state index contributed by atoms with van der Waals surface area (Å²) in [6, 6.07) is 0. The van der Waals surface area contributed by atoms with Crippen LogP contribution in [0.4, 0.5) is 0 Å². The monoisotopic (exact) mass is 330 g/mol. The third-order valence-electron chi connectivity index (χ3n) is 0. The molecule has 0 saturated heterocycles. The number of carbonyl (C=O) groups is 1. The topological polar surface area (TPSA) is 17.1 Å². The van der Waals surface area contributed by atoms with Crippen molar-refractivity contribution in [2.24, 2.45) is 0 Å². The van der Waals surface area contributed by atoms with Gasteiger partial charge < -0.3 is 0 Å². The zero-order valence-electron chi connectivity index (χ0n) is 3.11. The second-order valence-electron chi connectivity index (χ2n) is 0.519. The minimum Gasteiger partial charge on any atom is -0.288 e. The maximum absolute atomic E-state index is 9.31. The largest absolute Gasteiger partial charge is 0.288 e. The van der Waals surface area contributed by atoms with E-state index in [4.69, 9.17) is 0 Å². The van der Waals surface area contributed by atoms with Gasteiger partial charge in [-0.1, -0.05) is 0 Å². The van der Waals surface area contributed by atoms with Crippen LogP contribution in [0.25, 0.3) is 0 Å². The van der Waals surface area contributed by atoms with Crippen molar-refractivity contribution in [1.82, 2.24) is 0 Å². The Bertz CT molecular complexity index is 34.5. The van der Waals surface area contributed by atoms with Gasteiger partial charge in [0.2, 0.25) is 0 Å². The molecule has 0 fully saturated rings. The number of thiol groups is 1. The van der Waals surface area contributed by atoms with Crippen molar-refractivity contribution in [3.05, 3.63) is 0 Å². The van der Waals surface area contributed by atoms with E-state index in [9.17, 15) is 4.79 Å². The molecule has 0 aliphatic carbocycles. The van der Waals surface area contributed by atoms with Crippen molar-refractivity contribution >= 4 is 55.0 Å². The number of hydrogen-bond donors (Lipinski definition) is 1. The highest BCUT2D eigenvalue weighted by Gasteiger charge is 1.63. The summed E-state index contributed by atoms with van der Waals surface area (Å²) in [5, 5.41) is -0.139. The summed E-state index contributed by atoms with van der Waals surface area (Å²) in [5.74, 6) is 0. The van der Waals surface area contributed by atoms with Crippen LogP contribution in [0.5, 0.6) is 0 Å². The van der Waals surface area contributed by atoms with Crippen LogP contribution in [0.2, 0.25) is 0 Å². The van der Waals surface area contributed by atoms with Crippen molar-refractivity contribution < 1.29 is 4.79 Å². The van der Waals surface area contributed by atoms with Gasteiger partial charge >= 0.3 is 0 Å². The fourth-order valence-corrected chi connectivity index (χ4v) is 0. The van der Waals surface area contributed by atoms with E-state index in [1.54, 1.807) is 0 Å². The van der Waals surface area contributed by atoms with E-state index in [1.165, 1.54) is 6.92 Å². The predicted octanol–water partition coefficient (Wildman–Crippen LogP) is 2.23. The van der Waals surface area contributed by atoms with Gasteiger partial charge in [0.05, 0.1) is 0 Å². The number of carbonyl (C=O) groups excluding carboxylic acids is 1. The van der Waals surface area contributed by atoms with Crippen molar-refractivity contribution in [1.29, 1.82) is 0 Å². The quantitative estimate of drug-likeness (QED) is 0.533. The Morgan fingerprint density at radius 2 is 1.67 bits per heavy atom. The first-order valence-corrected chi connectivity index (χ1v) is 7.80. The standard InChI is InChI=1S/C2H4OS.I2/c1-2(3)4;1-2/h1H3,(H,3,4);. The van der Waals surface area contributed by atoms with Gasteiger partial charge in [-0.25, -0.2) is 0 Å². The lowest BCUT2D eigenvalue weighted by Gasteiger charge is -1.55. The van der Waals surface area contributed by atoms with Gasteiger partial charge in [-0.15, -0.1) is 12.6 Å². The van der Waals surface area contributed by atoms with E-state index in [0.29, 0.717) is 0 Å². The minimum absolute atomic E-state index is 0.139. The molecule has 0 unspecified atom stereocenters. The van der Waals surface area contributed by atoms with Crippen LogP contribution < -0.4 is 0 Å². The van der Waals surface area contributed by atoms with Gasteiger partial charge in [0.1, 0.15) is 0 Å². The first-order chi connectivity index (χ1) is 2.73. The van der Waals surface area contributed by atoms with Crippen LogP contribution in [0.15, 0.2) is 0 Å². The van der Waals surface area contributed by atoms with Crippen molar-refractivity contribution in [3.8, 4) is 0 Å². The highest BCUT2D eigenvalue weighted by Crippen LogP contribution is 1.89. The van der Waals surface area contributed by atoms with Gasteiger partial charge in [0.25, 0.3) is 0 Å². The molecule has 0 aromatic carbocycles. The van der Waals surface area contributed by atoms with Crippen LogP contribution in [0, 0.1) is 0 Å². The molecule has 0 atom stereocenters. The van der Waals surface area contributed by atoms with Crippen LogP contribution >= 0.6 is 49.9 Å². The summed E-state index contributed by atoms with van der Waals surface area (Å²) < 4.78 is 0. The molecule has 38 valence electrons. The lowest BCUT2D eigenvalue weighted by atomic mass is 10.9. The molecule has 1 nitrogen and oxygen atoms in total. The van der Waals surface area contributed by atoms with Gasteiger partial charge in [-0.2, -0.15) is 0 Å². The molecule has 4 heteroatoms. The van der Waals surface area contributed by atoms with Gasteiger partial charge in [-0.05, 0) is 0 Å². The van der Waals surface area contributed by atoms with Gasteiger partial charge in [0.15, 0.2) is 5.12 Å². The molecule has 0 rings (SSSR count). The number of halogens is 2. The summed E-state index contributed by atoms with van der Waals surface area (Å²) in [7, 11) is 0. The Labute approximate surface area is 66.0 Å². The van der Waals surface area contributed by atoms with E-state index in [-0.39, 0.29) is 5.12 Å². The van der Waals surface area contributed by atoms with Gasteiger partial charge in [0, 0.05) is 44.2 Å². The first kappa shape index (κ1) is 10.5. The highest BCUT2D eigenvalue weighted by molar-refractivity contribution is 15.0. The summed E-state index contributed by atoms with van der Waals surface area (Å²) in [4.78, 5) is 9.31. The molecule has 0 aliphatic rings. The fraction of sp³-hybridized carbons (Fsp3) is 0.500. The first-order valence-electron chi connectivity index (χ1n) is 1.07. The van der Waals surface area contributed by atoms with E-state index in [0.717, 1.165) is 0 Å². The van der Waals surface area contributed by atoms with Crippen molar-refractivity contribution in [2.45, 2.75) is 6.92 Å². The molecular formula is C2H4I2OS. The summed E-state index contributed by atoms with van der Waals surface area (Å²) >= 11 is 7.57. The van der Waals surface area contributed by atoms with Crippen molar-refractivity contribution in [2.75, 3.05) is 0 Å². The van der Waals surface area contributed by atoms with E-state index in [2.05, 4.69) is 49.9 Å². The second kappa shape index (κ2) is 9.70.